The molecule has 0 atom stereocenters. The zero-order valence-electron chi connectivity index (χ0n) is 11.3. The number of halogens is 2. The zero-order valence-corrected chi connectivity index (χ0v) is 12.8. The molecule has 0 aliphatic carbocycles. The second kappa shape index (κ2) is 6.44. The predicted octanol–water partition coefficient (Wildman–Crippen LogP) is 4.32. The van der Waals surface area contributed by atoms with E-state index in [2.05, 4.69) is 6.92 Å². The molecular weight excluding hydrogens is 269 g/mol. The average Bonchev–Trinajstić information content (AvgIpc) is 2.34. The van der Waals surface area contributed by atoms with Crippen LogP contribution in [0.5, 0.6) is 0 Å². The van der Waals surface area contributed by atoms with Crippen LogP contribution >= 0.6 is 23.2 Å². The number of nitrogens with zero attached hydrogens (tertiary/aromatic N) is 1. The molecule has 1 rings (SSSR count). The number of amides is 1. The van der Waals surface area contributed by atoms with Gasteiger partial charge in [0.05, 0.1) is 5.69 Å². The van der Waals surface area contributed by atoms with Crippen molar-refractivity contribution < 1.29 is 4.79 Å². The summed E-state index contributed by atoms with van der Waals surface area (Å²) in [6.07, 6.45) is 1.63. The Bertz CT molecular complexity index is 458. The van der Waals surface area contributed by atoms with Crippen molar-refractivity contribution in [1.29, 1.82) is 0 Å². The summed E-state index contributed by atoms with van der Waals surface area (Å²) < 4.78 is 0. The van der Waals surface area contributed by atoms with Crippen molar-refractivity contribution in [2.24, 2.45) is 0 Å². The van der Waals surface area contributed by atoms with Gasteiger partial charge < -0.3 is 0 Å². The number of hydrogen-bond acceptors (Lipinski definition) is 1. The highest BCUT2D eigenvalue weighted by Crippen LogP contribution is 2.35. The second-order valence-electron chi connectivity index (χ2n) is 4.27. The number of carbonyl (C=O) groups is 1. The van der Waals surface area contributed by atoms with Crippen LogP contribution in [0.2, 0.25) is 5.02 Å². The van der Waals surface area contributed by atoms with Gasteiger partial charge in [-0.05, 0) is 36.5 Å². The largest absolute Gasteiger partial charge is 0.298 e. The molecule has 0 radical (unpaired) electrons. The van der Waals surface area contributed by atoms with E-state index in [1.807, 2.05) is 19.9 Å². The van der Waals surface area contributed by atoms with E-state index in [-0.39, 0.29) is 11.9 Å². The summed E-state index contributed by atoms with van der Waals surface area (Å²) in [6.45, 7) is 7.62. The van der Waals surface area contributed by atoms with E-state index < -0.39 is 0 Å². The molecule has 0 N–H and O–H groups in total. The summed E-state index contributed by atoms with van der Waals surface area (Å²) in [5.41, 5.74) is 4.05. The molecule has 2 nitrogen and oxygen atoms in total. The minimum Gasteiger partial charge on any atom is -0.298 e. The maximum Gasteiger partial charge on any atom is 0.224 e. The minimum absolute atomic E-state index is 0.0608. The molecule has 0 unspecified atom stereocenters. The lowest BCUT2D eigenvalue weighted by molar-refractivity contribution is -0.116. The number of aryl methyl sites for hydroxylation is 2. The van der Waals surface area contributed by atoms with Gasteiger partial charge in [0.25, 0.3) is 0 Å². The van der Waals surface area contributed by atoms with Crippen molar-refractivity contribution in [2.45, 2.75) is 40.5 Å². The fourth-order valence-electron chi connectivity index (χ4n) is 2.16. The predicted molar refractivity (Wildman–Crippen MR) is 78.8 cm³/mol. The van der Waals surface area contributed by atoms with Gasteiger partial charge in [-0.25, -0.2) is 0 Å². The Morgan fingerprint density at radius 3 is 2.33 bits per heavy atom. The lowest BCUT2D eigenvalue weighted by Gasteiger charge is -2.26. The monoisotopic (exact) mass is 287 g/mol. The molecular formula is C14H19Cl2NO. The van der Waals surface area contributed by atoms with E-state index in [1.54, 1.807) is 4.90 Å². The van der Waals surface area contributed by atoms with Gasteiger partial charge in [-0.1, -0.05) is 31.5 Å². The molecule has 0 bridgehead atoms. The quantitative estimate of drug-likeness (QED) is 0.596. The number of anilines is 1. The highest BCUT2D eigenvalue weighted by Gasteiger charge is 2.20. The fraction of sp³-hybridized carbons (Fsp3) is 0.500. The van der Waals surface area contributed by atoms with Crippen molar-refractivity contribution in [3.63, 3.8) is 0 Å². The Kier molecular flexibility index (Phi) is 5.48. The van der Waals surface area contributed by atoms with Gasteiger partial charge >= 0.3 is 0 Å². The van der Waals surface area contributed by atoms with E-state index in [0.29, 0.717) is 0 Å². The standard InChI is InChI=1S/C14H19Cl2NO/c1-5-11-7-9(3)13(16)12(6-2)14(11)17(8-15)10(4)18/h7H,5-6,8H2,1-4H3. The van der Waals surface area contributed by atoms with Crippen LogP contribution in [-0.4, -0.2) is 11.9 Å². The minimum atomic E-state index is -0.0608. The van der Waals surface area contributed by atoms with Gasteiger partial charge in [0.1, 0.15) is 6.00 Å². The van der Waals surface area contributed by atoms with Crippen LogP contribution in [0, 0.1) is 6.92 Å². The van der Waals surface area contributed by atoms with Gasteiger partial charge in [0.15, 0.2) is 0 Å². The maximum atomic E-state index is 11.7. The molecule has 0 fully saturated rings. The van der Waals surface area contributed by atoms with Crippen LogP contribution in [0.4, 0.5) is 5.69 Å². The van der Waals surface area contributed by atoms with Crippen LogP contribution in [0.15, 0.2) is 6.07 Å². The van der Waals surface area contributed by atoms with E-state index in [9.17, 15) is 4.79 Å². The number of rotatable bonds is 4. The van der Waals surface area contributed by atoms with E-state index in [0.717, 1.165) is 40.2 Å². The second-order valence-corrected chi connectivity index (χ2v) is 4.88. The number of hydrogen-bond donors (Lipinski definition) is 0. The smallest absolute Gasteiger partial charge is 0.224 e. The Labute approximate surface area is 119 Å². The van der Waals surface area contributed by atoms with Crippen molar-refractivity contribution in [3.8, 4) is 0 Å². The maximum absolute atomic E-state index is 11.7. The molecule has 0 spiro atoms. The third kappa shape index (κ3) is 2.81. The summed E-state index contributed by atoms with van der Waals surface area (Å²) in [4.78, 5) is 13.3. The molecule has 0 aliphatic heterocycles. The van der Waals surface area contributed by atoms with E-state index in [4.69, 9.17) is 23.2 Å². The molecule has 18 heavy (non-hydrogen) atoms. The van der Waals surface area contributed by atoms with Gasteiger partial charge in [0, 0.05) is 11.9 Å². The lowest BCUT2D eigenvalue weighted by Crippen LogP contribution is -2.29. The molecule has 1 amide bonds. The topological polar surface area (TPSA) is 20.3 Å². The Morgan fingerprint density at radius 1 is 1.33 bits per heavy atom. The zero-order chi connectivity index (χ0) is 13.9. The summed E-state index contributed by atoms with van der Waals surface area (Å²) in [5.74, 6) is -0.0608. The van der Waals surface area contributed by atoms with E-state index >= 15 is 0 Å². The highest BCUT2D eigenvalue weighted by atomic mass is 35.5. The normalized spacial score (nSPS) is 10.6. The Balaban J connectivity index is 3.57. The molecule has 0 heterocycles. The van der Waals surface area contributed by atoms with Crippen LogP contribution in [-0.2, 0) is 17.6 Å². The first-order chi connectivity index (χ1) is 8.47. The molecule has 1 aromatic carbocycles. The number of alkyl halides is 1. The van der Waals surface area contributed by atoms with Gasteiger partial charge in [0.2, 0.25) is 5.91 Å². The lowest BCUT2D eigenvalue weighted by atomic mass is 9.98. The van der Waals surface area contributed by atoms with Crippen LogP contribution in [0.3, 0.4) is 0 Å². The SMILES string of the molecule is CCc1cc(C)c(Cl)c(CC)c1N(CCl)C(C)=O. The Morgan fingerprint density at radius 2 is 1.94 bits per heavy atom. The average molecular weight is 288 g/mol. The molecule has 100 valence electrons. The van der Waals surface area contributed by atoms with Crippen molar-refractivity contribution in [3.05, 3.63) is 27.8 Å². The van der Waals surface area contributed by atoms with Crippen molar-refractivity contribution in [2.75, 3.05) is 10.9 Å². The molecule has 0 aliphatic rings. The van der Waals surface area contributed by atoms with Gasteiger partial charge in [-0.3, -0.25) is 9.69 Å². The summed E-state index contributed by atoms with van der Waals surface area (Å²) in [6, 6.07) is 2.19. The molecule has 0 saturated carbocycles. The van der Waals surface area contributed by atoms with Gasteiger partial charge in [-0.15, -0.1) is 11.6 Å². The number of benzene rings is 1. The first-order valence-corrected chi connectivity index (χ1v) is 7.03. The first kappa shape index (κ1) is 15.3. The third-order valence-corrected chi connectivity index (χ3v) is 3.86. The van der Waals surface area contributed by atoms with Gasteiger partial charge in [-0.2, -0.15) is 0 Å². The Hall–Kier alpha value is -0.730. The van der Waals surface area contributed by atoms with Crippen molar-refractivity contribution in [1.82, 2.24) is 0 Å². The fourth-order valence-corrected chi connectivity index (χ4v) is 2.72. The third-order valence-electron chi connectivity index (χ3n) is 3.10. The number of carbonyl (C=O) groups excluding carboxylic acids is 1. The summed E-state index contributed by atoms with van der Waals surface area (Å²) in [5, 5.41) is 0.737. The molecule has 0 aromatic heterocycles. The molecule has 0 saturated heterocycles. The summed E-state index contributed by atoms with van der Waals surface area (Å²) >= 11 is 12.3. The van der Waals surface area contributed by atoms with Crippen LogP contribution in [0.25, 0.3) is 0 Å². The molecule has 4 heteroatoms. The van der Waals surface area contributed by atoms with Crippen LogP contribution < -0.4 is 4.90 Å². The molecule has 1 aromatic rings. The van der Waals surface area contributed by atoms with Crippen molar-refractivity contribution >= 4 is 34.8 Å². The summed E-state index contributed by atoms with van der Waals surface area (Å²) in [7, 11) is 0. The van der Waals surface area contributed by atoms with E-state index in [1.165, 1.54) is 6.92 Å². The highest BCUT2D eigenvalue weighted by molar-refractivity contribution is 6.32. The first-order valence-electron chi connectivity index (χ1n) is 6.12. The van der Waals surface area contributed by atoms with Crippen LogP contribution in [0.1, 0.15) is 37.5 Å².